The van der Waals surface area contributed by atoms with Crippen molar-refractivity contribution in [1.82, 2.24) is 4.98 Å². The highest BCUT2D eigenvalue weighted by Crippen LogP contribution is 2.30. The third-order valence-corrected chi connectivity index (χ3v) is 3.51. The Morgan fingerprint density at radius 2 is 1.84 bits per heavy atom. The van der Waals surface area contributed by atoms with E-state index in [0.717, 1.165) is 16.5 Å². The predicted molar refractivity (Wildman–Crippen MR) is 75.6 cm³/mol. The molecule has 0 amide bonds. The summed E-state index contributed by atoms with van der Waals surface area (Å²) in [5.41, 5.74) is 8.66. The maximum Gasteiger partial charge on any atom is 0.147 e. The van der Waals surface area contributed by atoms with Crippen LogP contribution in [0, 0.1) is 5.82 Å². The third-order valence-electron chi connectivity index (χ3n) is 3.51. The summed E-state index contributed by atoms with van der Waals surface area (Å²) >= 11 is 0. The second-order valence-corrected chi connectivity index (χ2v) is 4.61. The van der Waals surface area contributed by atoms with Gasteiger partial charge in [-0.3, -0.25) is 0 Å². The van der Waals surface area contributed by atoms with Crippen LogP contribution in [0.1, 0.15) is 17.0 Å². The van der Waals surface area contributed by atoms with E-state index in [1.807, 2.05) is 30.5 Å². The van der Waals surface area contributed by atoms with Crippen LogP contribution < -0.4 is 5.73 Å². The number of H-pyrrole nitrogens is 1. The number of halogens is 1. The molecular weight excluding hydrogens is 239 g/mol. The van der Waals surface area contributed by atoms with E-state index in [4.69, 9.17) is 5.73 Å². The molecular formula is C16H15FN2. The number of hydrogen-bond donors (Lipinski definition) is 2. The average molecular weight is 254 g/mol. The van der Waals surface area contributed by atoms with Gasteiger partial charge in [0, 0.05) is 24.0 Å². The zero-order chi connectivity index (χ0) is 13.2. The molecule has 3 heteroatoms. The lowest BCUT2D eigenvalue weighted by atomic mass is 9.91. The standard InChI is InChI=1S/C16H15FN2/c17-15-8-4-7-12-14(10-19-16(12)15)13(9-18)11-5-2-1-3-6-11/h1-8,10,13,19H,9,18H2. The van der Waals surface area contributed by atoms with Gasteiger partial charge in [0.15, 0.2) is 0 Å². The lowest BCUT2D eigenvalue weighted by Gasteiger charge is -2.14. The van der Waals surface area contributed by atoms with E-state index in [0.29, 0.717) is 12.1 Å². The van der Waals surface area contributed by atoms with Crippen molar-refractivity contribution >= 4 is 10.9 Å². The second kappa shape index (κ2) is 4.86. The zero-order valence-electron chi connectivity index (χ0n) is 10.4. The maximum atomic E-state index is 13.7. The first kappa shape index (κ1) is 11.9. The fourth-order valence-electron chi connectivity index (χ4n) is 2.56. The first-order valence-electron chi connectivity index (χ1n) is 6.31. The third kappa shape index (κ3) is 2.02. The molecule has 3 N–H and O–H groups in total. The van der Waals surface area contributed by atoms with Gasteiger partial charge in [0.2, 0.25) is 0 Å². The van der Waals surface area contributed by atoms with Gasteiger partial charge in [0.1, 0.15) is 5.82 Å². The molecule has 0 aliphatic heterocycles. The quantitative estimate of drug-likeness (QED) is 0.739. The Labute approximate surface area is 111 Å². The normalized spacial score (nSPS) is 12.7. The number of nitrogens with one attached hydrogen (secondary N) is 1. The van der Waals surface area contributed by atoms with E-state index < -0.39 is 0 Å². The van der Waals surface area contributed by atoms with E-state index in [1.54, 1.807) is 6.07 Å². The van der Waals surface area contributed by atoms with Crippen molar-refractivity contribution in [3.05, 3.63) is 71.7 Å². The van der Waals surface area contributed by atoms with Crippen LogP contribution in [0.25, 0.3) is 10.9 Å². The van der Waals surface area contributed by atoms with E-state index in [-0.39, 0.29) is 11.7 Å². The number of aromatic nitrogens is 1. The van der Waals surface area contributed by atoms with Crippen LogP contribution in [0.4, 0.5) is 4.39 Å². The van der Waals surface area contributed by atoms with Gasteiger partial charge < -0.3 is 10.7 Å². The van der Waals surface area contributed by atoms with Crippen molar-refractivity contribution in [2.75, 3.05) is 6.54 Å². The van der Waals surface area contributed by atoms with E-state index in [2.05, 4.69) is 17.1 Å². The fourth-order valence-corrected chi connectivity index (χ4v) is 2.56. The smallest absolute Gasteiger partial charge is 0.147 e. The van der Waals surface area contributed by atoms with Gasteiger partial charge in [-0.1, -0.05) is 42.5 Å². The van der Waals surface area contributed by atoms with Crippen molar-refractivity contribution < 1.29 is 4.39 Å². The molecule has 0 fully saturated rings. The van der Waals surface area contributed by atoms with E-state index >= 15 is 0 Å². The highest BCUT2D eigenvalue weighted by Gasteiger charge is 2.17. The number of fused-ring (bicyclic) bond motifs is 1. The lowest BCUT2D eigenvalue weighted by molar-refractivity contribution is 0.637. The SMILES string of the molecule is NCC(c1ccccc1)c1c[nH]c2c(F)cccc12. The van der Waals surface area contributed by atoms with Gasteiger partial charge in [-0.2, -0.15) is 0 Å². The minimum atomic E-state index is -0.229. The highest BCUT2D eigenvalue weighted by atomic mass is 19.1. The number of hydrogen-bond acceptors (Lipinski definition) is 1. The summed E-state index contributed by atoms with van der Waals surface area (Å²) in [7, 11) is 0. The molecule has 0 radical (unpaired) electrons. The Bertz CT molecular complexity index is 688. The molecule has 0 aliphatic carbocycles. The molecule has 3 rings (SSSR count). The van der Waals surface area contributed by atoms with Crippen molar-refractivity contribution in [2.45, 2.75) is 5.92 Å². The molecule has 0 bridgehead atoms. The van der Waals surface area contributed by atoms with Crippen molar-refractivity contribution in [3.8, 4) is 0 Å². The first-order chi connectivity index (χ1) is 9.31. The van der Waals surface area contributed by atoms with Crippen LogP contribution in [0.15, 0.2) is 54.7 Å². The van der Waals surface area contributed by atoms with Gasteiger partial charge in [0.05, 0.1) is 5.52 Å². The molecule has 1 unspecified atom stereocenters. The molecule has 2 nitrogen and oxygen atoms in total. The average Bonchev–Trinajstić information content (AvgIpc) is 2.87. The van der Waals surface area contributed by atoms with Crippen molar-refractivity contribution in [2.24, 2.45) is 5.73 Å². The number of para-hydroxylation sites is 1. The monoisotopic (exact) mass is 254 g/mol. The number of nitrogens with two attached hydrogens (primary N) is 1. The number of aromatic amines is 1. The predicted octanol–water partition coefficient (Wildman–Crippen LogP) is 3.40. The lowest BCUT2D eigenvalue weighted by Crippen LogP contribution is -2.13. The van der Waals surface area contributed by atoms with Gasteiger partial charge in [-0.15, -0.1) is 0 Å². The van der Waals surface area contributed by atoms with Gasteiger partial charge in [-0.05, 0) is 17.2 Å². The Morgan fingerprint density at radius 3 is 2.58 bits per heavy atom. The minimum Gasteiger partial charge on any atom is -0.358 e. The van der Waals surface area contributed by atoms with Crippen molar-refractivity contribution in [1.29, 1.82) is 0 Å². The number of benzene rings is 2. The Balaban J connectivity index is 2.15. The van der Waals surface area contributed by atoms with Crippen LogP contribution in [0.5, 0.6) is 0 Å². The molecule has 2 aromatic carbocycles. The van der Waals surface area contributed by atoms with Crippen LogP contribution in [-0.4, -0.2) is 11.5 Å². The summed E-state index contributed by atoms with van der Waals surface area (Å²) < 4.78 is 13.7. The molecule has 0 spiro atoms. The summed E-state index contributed by atoms with van der Waals surface area (Å²) in [5.74, 6) is -0.149. The topological polar surface area (TPSA) is 41.8 Å². The molecule has 0 saturated carbocycles. The van der Waals surface area contributed by atoms with E-state index in [1.165, 1.54) is 6.07 Å². The Morgan fingerprint density at radius 1 is 1.05 bits per heavy atom. The van der Waals surface area contributed by atoms with E-state index in [9.17, 15) is 4.39 Å². The van der Waals surface area contributed by atoms with Crippen molar-refractivity contribution in [3.63, 3.8) is 0 Å². The first-order valence-corrected chi connectivity index (χ1v) is 6.31. The highest BCUT2D eigenvalue weighted by molar-refractivity contribution is 5.84. The zero-order valence-corrected chi connectivity index (χ0v) is 10.4. The minimum absolute atomic E-state index is 0.0803. The summed E-state index contributed by atoms with van der Waals surface area (Å²) in [6.45, 7) is 0.494. The molecule has 96 valence electrons. The van der Waals surface area contributed by atoms with Crippen LogP contribution in [-0.2, 0) is 0 Å². The molecule has 1 aromatic heterocycles. The van der Waals surface area contributed by atoms with Crippen LogP contribution >= 0.6 is 0 Å². The summed E-state index contributed by atoms with van der Waals surface area (Å²) in [4.78, 5) is 3.01. The van der Waals surface area contributed by atoms with Gasteiger partial charge in [0.25, 0.3) is 0 Å². The summed E-state index contributed by atoms with van der Waals surface area (Å²) in [6, 6.07) is 15.2. The van der Waals surface area contributed by atoms with Gasteiger partial charge in [-0.25, -0.2) is 4.39 Å². The fraction of sp³-hybridized carbons (Fsp3) is 0.125. The van der Waals surface area contributed by atoms with Gasteiger partial charge >= 0.3 is 0 Å². The summed E-state index contributed by atoms with van der Waals surface area (Å²) in [5, 5.41) is 0.902. The molecule has 1 heterocycles. The largest absolute Gasteiger partial charge is 0.358 e. The second-order valence-electron chi connectivity index (χ2n) is 4.61. The number of rotatable bonds is 3. The van der Waals surface area contributed by atoms with Crippen LogP contribution in [0.3, 0.4) is 0 Å². The molecule has 0 aliphatic rings. The summed E-state index contributed by atoms with van der Waals surface area (Å²) in [6.07, 6.45) is 1.86. The maximum absolute atomic E-state index is 13.7. The molecule has 0 saturated heterocycles. The molecule has 19 heavy (non-hydrogen) atoms. The Kier molecular flexibility index (Phi) is 3.05. The molecule has 3 aromatic rings. The molecule has 1 atom stereocenters. The Hall–Kier alpha value is -2.13. The van der Waals surface area contributed by atoms with Crippen LogP contribution in [0.2, 0.25) is 0 Å².